The summed E-state index contributed by atoms with van der Waals surface area (Å²) in [6.45, 7) is 0.423. The fourth-order valence-electron chi connectivity index (χ4n) is 3.15. The Morgan fingerprint density at radius 1 is 1.21 bits per heavy atom. The van der Waals surface area contributed by atoms with Crippen molar-refractivity contribution in [1.29, 1.82) is 0 Å². The smallest absolute Gasteiger partial charge is 0.228 e. The average Bonchev–Trinajstić information content (AvgIpc) is 2.64. The first kappa shape index (κ1) is 21.0. The maximum absolute atomic E-state index is 13.3. The quantitative estimate of drug-likeness (QED) is 0.746. The molecule has 0 aromatic heterocycles. The standard InChI is InChI=1S/C19H19Cl2FN2O3S/c20-15-7-6-14(18(21)9-15)12-28(26,27)24-8-2-3-13(11-24)19(25)23-17-5-1-4-16(22)10-17/h1,4-7,9-10,13H,2-3,8,11-12H2,(H,23,25). The minimum atomic E-state index is -3.65. The van der Waals surface area contributed by atoms with Crippen LogP contribution in [-0.4, -0.2) is 31.7 Å². The number of piperidine rings is 1. The Kier molecular flexibility index (Phi) is 6.60. The highest BCUT2D eigenvalue weighted by Crippen LogP contribution is 2.27. The molecule has 1 amide bonds. The molecule has 3 rings (SSSR count). The second-order valence-corrected chi connectivity index (χ2v) is 9.50. The van der Waals surface area contributed by atoms with Crippen LogP contribution < -0.4 is 5.32 Å². The van der Waals surface area contributed by atoms with Crippen molar-refractivity contribution < 1.29 is 17.6 Å². The van der Waals surface area contributed by atoms with E-state index >= 15 is 0 Å². The summed E-state index contributed by atoms with van der Waals surface area (Å²) < 4.78 is 40.2. The summed E-state index contributed by atoms with van der Waals surface area (Å²) in [5.74, 6) is -1.55. The molecule has 1 unspecified atom stereocenters. The number of amides is 1. The summed E-state index contributed by atoms with van der Waals surface area (Å²) in [6.07, 6.45) is 1.13. The molecule has 0 bridgehead atoms. The Hall–Kier alpha value is -1.67. The lowest BCUT2D eigenvalue weighted by atomic mass is 9.99. The van der Waals surface area contributed by atoms with Crippen LogP contribution in [0.5, 0.6) is 0 Å². The van der Waals surface area contributed by atoms with Crippen LogP contribution in [-0.2, 0) is 20.6 Å². The molecule has 1 atom stereocenters. The van der Waals surface area contributed by atoms with Crippen LogP contribution in [0.25, 0.3) is 0 Å². The van der Waals surface area contributed by atoms with Crippen molar-refractivity contribution in [3.05, 3.63) is 63.9 Å². The van der Waals surface area contributed by atoms with Crippen LogP contribution in [0.2, 0.25) is 10.0 Å². The van der Waals surface area contributed by atoms with Crippen molar-refractivity contribution in [2.24, 2.45) is 5.92 Å². The minimum absolute atomic E-state index is 0.0781. The zero-order valence-corrected chi connectivity index (χ0v) is 17.2. The number of anilines is 1. The molecular formula is C19H19Cl2FN2O3S. The van der Waals surface area contributed by atoms with Crippen molar-refractivity contribution >= 4 is 44.8 Å². The maximum Gasteiger partial charge on any atom is 0.228 e. The highest BCUT2D eigenvalue weighted by Gasteiger charge is 2.32. The minimum Gasteiger partial charge on any atom is -0.326 e. The van der Waals surface area contributed by atoms with Gasteiger partial charge in [-0.15, -0.1) is 0 Å². The average molecular weight is 445 g/mol. The van der Waals surface area contributed by atoms with Crippen molar-refractivity contribution in [3.63, 3.8) is 0 Å². The molecule has 1 heterocycles. The number of nitrogens with one attached hydrogen (secondary N) is 1. The predicted octanol–water partition coefficient (Wildman–Crippen LogP) is 4.31. The first-order valence-electron chi connectivity index (χ1n) is 8.73. The molecule has 2 aromatic carbocycles. The number of hydrogen-bond donors (Lipinski definition) is 1. The van der Waals surface area contributed by atoms with Gasteiger partial charge in [0, 0.05) is 28.8 Å². The van der Waals surface area contributed by atoms with E-state index in [4.69, 9.17) is 23.2 Å². The number of carbonyl (C=O) groups is 1. The van der Waals surface area contributed by atoms with E-state index in [0.717, 1.165) is 0 Å². The SMILES string of the molecule is O=C(Nc1cccc(F)c1)C1CCCN(S(=O)(=O)Cc2ccc(Cl)cc2Cl)C1. The second kappa shape index (κ2) is 8.78. The largest absolute Gasteiger partial charge is 0.326 e. The lowest BCUT2D eigenvalue weighted by molar-refractivity contribution is -0.120. The van der Waals surface area contributed by atoms with Crippen LogP contribution >= 0.6 is 23.2 Å². The summed E-state index contributed by atoms with van der Waals surface area (Å²) in [7, 11) is -3.65. The maximum atomic E-state index is 13.3. The molecular weight excluding hydrogens is 426 g/mol. The third-order valence-electron chi connectivity index (χ3n) is 4.59. The molecule has 1 saturated heterocycles. The van der Waals surface area contributed by atoms with E-state index in [1.165, 1.54) is 28.6 Å². The molecule has 2 aromatic rings. The van der Waals surface area contributed by atoms with Gasteiger partial charge in [-0.1, -0.05) is 35.3 Å². The van der Waals surface area contributed by atoms with Gasteiger partial charge in [-0.25, -0.2) is 17.1 Å². The number of carbonyl (C=O) groups excluding carboxylic acids is 1. The van der Waals surface area contributed by atoms with Gasteiger partial charge in [-0.05, 0) is 48.7 Å². The lowest BCUT2D eigenvalue weighted by Gasteiger charge is -2.31. The molecule has 0 radical (unpaired) electrons. The van der Waals surface area contributed by atoms with Crippen LogP contribution in [0.3, 0.4) is 0 Å². The Labute approximate surface area is 173 Å². The van der Waals surface area contributed by atoms with Gasteiger partial charge >= 0.3 is 0 Å². The van der Waals surface area contributed by atoms with Crippen molar-refractivity contribution in [2.75, 3.05) is 18.4 Å². The van der Waals surface area contributed by atoms with Crippen molar-refractivity contribution in [3.8, 4) is 0 Å². The molecule has 1 N–H and O–H groups in total. The highest BCUT2D eigenvalue weighted by atomic mass is 35.5. The van der Waals surface area contributed by atoms with Crippen molar-refractivity contribution in [1.82, 2.24) is 4.31 Å². The number of halogens is 3. The predicted molar refractivity (Wildman–Crippen MR) is 108 cm³/mol. The van der Waals surface area contributed by atoms with Gasteiger partial charge in [0.05, 0.1) is 11.7 Å². The number of nitrogens with zero attached hydrogens (tertiary/aromatic N) is 1. The topological polar surface area (TPSA) is 66.5 Å². The second-order valence-electron chi connectivity index (χ2n) is 6.69. The van der Waals surface area contributed by atoms with Gasteiger partial charge in [-0.3, -0.25) is 4.79 Å². The number of sulfonamides is 1. The normalized spacial score (nSPS) is 18.0. The Bertz CT molecular complexity index is 985. The van der Waals surface area contributed by atoms with Crippen LogP contribution in [0.1, 0.15) is 18.4 Å². The molecule has 0 saturated carbocycles. The van der Waals surface area contributed by atoms with Gasteiger partial charge in [0.25, 0.3) is 0 Å². The molecule has 1 fully saturated rings. The third kappa shape index (κ3) is 5.23. The van der Waals surface area contributed by atoms with E-state index in [0.29, 0.717) is 35.7 Å². The number of rotatable bonds is 5. The molecule has 9 heteroatoms. The third-order valence-corrected chi connectivity index (χ3v) is 6.97. The zero-order valence-electron chi connectivity index (χ0n) is 14.9. The van der Waals surface area contributed by atoms with E-state index < -0.39 is 21.8 Å². The Balaban J connectivity index is 1.68. The molecule has 0 aliphatic carbocycles. The zero-order chi connectivity index (χ0) is 20.3. The number of benzene rings is 2. The van der Waals surface area contributed by atoms with Gasteiger partial charge < -0.3 is 5.32 Å². The van der Waals surface area contributed by atoms with Crippen LogP contribution in [0.4, 0.5) is 10.1 Å². The van der Waals surface area contributed by atoms with Gasteiger partial charge in [0.2, 0.25) is 15.9 Å². The van der Waals surface area contributed by atoms with E-state index in [2.05, 4.69) is 5.32 Å². The van der Waals surface area contributed by atoms with Crippen LogP contribution in [0, 0.1) is 11.7 Å². The molecule has 150 valence electrons. The first-order valence-corrected chi connectivity index (χ1v) is 11.1. The molecule has 28 heavy (non-hydrogen) atoms. The Morgan fingerprint density at radius 3 is 2.71 bits per heavy atom. The van der Waals surface area contributed by atoms with Gasteiger partial charge in [0.15, 0.2) is 0 Å². The monoisotopic (exact) mass is 444 g/mol. The summed E-state index contributed by atoms with van der Waals surface area (Å²) in [6, 6.07) is 10.3. The molecule has 1 aliphatic heterocycles. The fraction of sp³-hybridized carbons (Fsp3) is 0.316. The van der Waals surface area contributed by atoms with E-state index in [1.807, 2.05) is 0 Å². The summed E-state index contributed by atoms with van der Waals surface area (Å²) in [4.78, 5) is 12.5. The first-order chi connectivity index (χ1) is 13.2. The summed E-state index contributed by atoms with van der Waals surface area (Å²) in [5.41, 5.74) is 0.801. The Morgan fingerprint density at radius 2 is 2.00 bits per heavy atom. The van der Waals surface area contributed by atoms with Gasteiger partial charge in [0.1, 0.15) is 5.82 Å². The lowest BCUT2D eigenvalue weighted by Crippen LogP contribution is -2.44. The summed E-state index contributed by atoms with van der Waals surface area (Å²) >= 11 is 11.9. The fourth-order valence-corrected chi connectivity index (χ4v) is 5.34. The molecule has 1 aliphatic rings. The molecule has 0 spiro atoms. The van der Waals surface area contributed by atoms with E-state index in [-0.39, 0.29) is 23.2 Å². The van der Waals surface area contributed by atoms with E-state index in [1.54, 1.807) is 18.2 Å². The van der Waals surface area contributed by atoms with Gasteiger partial charge in [-0.2, -0.15) is 0 Å². The van der Waals surface area contributed by atoms with E-state index in [9.17, 15) is 17.6 Å². The van der Waals surface area contributed by atoms with Crippen LogP contribution in [0.15, 0.2) is 42.5 Å². The number of hydrogen-bond acceptors (Lipinski definition) is 3. The highest BCUT2D eigenvalue weighted by molar-refractivity contribution is 7.88. The molecule has 5 nitrogen and oxygen atoms in total. The summed E-state index contributed by atoms with van der Waals surface area (Å²) in [5, 5.41) is 3.37. The van der Waals surface area contributed by atoms with Crippen molar-refractivity contribution in [2.45, 2.75) is 18.6 Å².